The monoisotopic (exact) mass is 498 g/mol. The summed E-state index contributed by atoms with van der Waals surface area (Å²) in [7, 11) is 0. The van der Waals surface area contributed by atoms with Crippen molar-refractivity contribution >= 4 is 23.6 Å². The standard InChI is InChI=1S/C22H29F3N6O2S/c1-17-4-2-3-5-18(17)14-28-6-8-29(9-7-28)19(32)15-34-21-27-26-20(30-10-12-33-13-11-30)31(21)16-22(23,24)25/h2-5H,6-16H2,1H3. The normalized spacial score (nSPS) is 17.9. The van der Waals surface area contributed by atoms with Gasteiger partial charge in [-0.2, -0.15) is 13.2 Å². The van der Waals surface area contributed by atoms with Crippen LogP contribution >= 0.6 is 11.8 Å². The molecule has 3 heterocycles. The van der Waals surface area contributed by atoms with Crippen molar-refractivity contribution in [2.24, 2.45) is 0 Å². The van der Waals surface area contributed by atoms with E-state index < -0.39 is 12.7 Å². The number of aromatic nitrogens is 3. The average Bonchev–Trinajstić information content (AvgIpc) is 3.20. The first kappa shape index (κ1) is 24.8. The zero-order chi connectivity index (χ0) is 24.1. The van der Waals surface area contributed by atoms with Gasteiger partial charge >= 0.3 is 6.18 Å². The topological polar surface area (TPSA) is 66.7 Å². The van der Waals surface area contributed by atoms with E-state index in [9.17, 15) is 18.0 Å². The van der Waals surface area contributed by atoms with E-state index in [0.29, 0.717) is 39.4 Å². The first-order valence-electron chi connectivity index (χ1n) is 11.3. The summed E-state index contributed by atoms with van der Waals surface area (Å²) in [5.41, 5.74) is 2.52. The second-order valence-corrected chi connectivity index (χ2v) is 9.40. The minimum atomic E-state index is -4.42. The number of rotatable bonds is 7. The molecule has 0 radical (unpaired) electrons. The summed E-state index contributed by atoms with van der Waals surface area (Å²) in [5, 5.41) is 8.08. The second-order valence-electron chi connectivity index (χ2n) is 8.46. The number of carbonyl (C=O) groups excluding carboxylic acids is 1. The first-order chi connectivity index (χ1) is 16.3. The van der Waals surface area contributed by atoms with Crippen LogP contribution in [0, 0.1) is 6.92 Å². The molecule has 8 nitrogen and oxygen atoms in total. The van der Waals surface area contributed by atoms with Crippen LogP contribution in [-0.4, -0.2) is 94.9 Å². The molecule has 1 aromatic carbocycles. The van der Waals surface area contributed by atoms with Crippen molar-refractivity contribution in [3.63, 3.8) is 0 Å². The van der Waals surface area contributed by atoms with Gasteiger partial charge in [-0.3, -0.25) is 14.3 Å². The number of thioether (sulfide) groups is 1. The quantitative estimate of drug-likeness (QED) is 0.544. The number of nitrogens with zero attached hydrogens (tertiary/aromatic N) is 6. The molecule has 0 atom stereocenters. The van der Waals surface area contributed by atoms with Gasteiger partial charge in [0.05, 0.1) is 19.0 Å². The van der Waals surface area contributed by atoms with Crippen LogP contribution in [0.15, 0.2) is 29.4 Å². The molecule has 34 heavy (non-hydrogen) atoms. The summed E-state index contributed by atoms with van der Waals surface area (Å²) >= 11 is 1.01. The number of hydrogen-bond donors (Lipinski definition) is 0. The fraction of sp³-hybridized carbons (Fsp3) is 0.591. The van der Waals surface area contributed by atoms with Crippen LogP contribution in [0.5, 0.6) is 0 Å². The van der Waals surface area contributed by atoms with Crippen LogP contribution in [0.4, 0.5) is 19.1 Å². The van der Waals surface area contributed by atoms with E-state index in [4.69, 9.17) is 4.74 Å². The fourth-order valence-electron chi connectivity index (χ4n) is 4.10. The largest absolute Gasteiger partial charge is 0.406 e. The van der Waals surface area contributed by atoms with Crippen molar-refractivity contribution in [1.29, 1.82) is 0 Å². The van der Waals surface area contributed by atoms with Crippen molar-refractivity contribution in [3.05, 3.63) is 35.4 Å². The van der Waals surface area contributed by atoms with Gasteiger partial charge in [0.25, 0.3) is 0 Å². The molecular formula is C22H29F3N6O2S. The molecular weight excluding hydrogens is 469 g/mol. The number of anilines is 1. The molecule has 2 aromatic rings. The number of halogens is 3. The number of amides is 1. The molecule has 4 rings (SSSR count). The van der Waals surface area contributed by atoms with Crippen molar-refractivity contribution in [1.82, 2.24) is 24.6 Å². The Morgan fingerprint density at radius 1 is 1.06 bits per heavy atom. The van der Waals surface area contributed by atoms with E-state index in [-0.39, 0.29) is 22.8 Å². The summed E-state index contributed by atoms with van der Waals surface area (Å²) in [6, 6.07) is 8.26. The van der Waals surface area contributed by atoms with Crippen LogP contribution in [0.2, 0.25) is 0 Å². The third-order valence-electron chi connectivity index (χ3n) is 6.03. The summed E-state index contributed by atoms with van der Waals surface area (Å²) in [6.45, 7) is 6.21. The smallest absolute Gasteiger partial charge is 0.378 e. The van der Waals surface area contributed by atoms with Gasteiger partial charge in [-0.15, -0.1) is 10.2 Å². The van der Waals surface area contributed by atoms with Crippen LogP contribution in [-0.2, 0) is 22.6 Å². The lowest BCUT2D eigenvalue weighted by atomic mass is 10.1. The van der Waals surface area contributed by atoms with E-state index in [1.807, 2.05) is 12.1 Å². The lowest BCUT2D eigenvalue weighted by Gasteiger charge is -2.35. The number of carbonyl (C=O) groups is 1. The molecule has 0 saturated carbocycles. The van der Waals surface area contributed by atoms with Crippen molar-refractivity contribution in [3.8, 4) is 0 Å². The van der Waals surface area contributed by atoms with E-state index in [1.54, 1.807) is 9.80 Å². The Labute approximate surface area is 201 Å². The van der Waals surface area contributed by atoms with E-state index >= 15 is 0 Å². The average molecular weight is 499 g/mol. The molecule has 12 heteroatoms. The Morgan fingerprint density at radius 2 is 1.76 bits per heavy atom. The van der Waals surface area contributed by atoms with Crippen LogP contribution in [0.25, 0.3) is 0 Å². The van der Waals surface area contributed by atoms with Gasteiger partial charge in [-0.25, -0.2) is 0 Å². The summed E-state index contributed by atoms with van der Waals surface area (Å²) in [5.74, 6) is 0.0899. The molecule has 1 aromatic heterocycles. The van der Waals surface area contributed by atoms with Gasteiger partial charge in [0.2, 0.25) is 11.9 Å². The third-order valence-corrected chi connectivity index (χ3v) is 6.99. The number of hydrogen-bond acceptors (Lipinski definition) is 7. The zero-order valence-corrected chi connectivity index (χ0v) is 19.9. The van der Waals surface area contributed by atoms with Gasteiger partial charge < -0.3 is 14.5 Å². The van der Waals surface area contributed by atoms with Gasteiger partial charge in [-0.05, 0) is 18.1 Å². The number of benzene rings is 1. The van der Waals surface area contributed by atoms with E-state index in [2.05, 4.69) is 34.2 Å². The van der Waals surface area contributed by atoms with Crippen LogP contribution in [0.1, 0.15) is 11.1 Å². The molecule has 2 saturated heterocycles. The molecule has 2 aliphatic heterocycles. The highest BCUT2D eigenvalue weighted by Gasteiger charge is 2.33. The number of ether oxygens (including phenoxy) is 1. The first-order valence-corrected chi connectivity index (χ1v) is 12.3. The Kier molecular flexibility index (Phi) is 7.99. The van der Waals surface area contributed by atoms with Crippen molar-refractivity contribution < 1.29 is 22.7 Å². The van der Waals surface area contributed by atoms with E-state index in [1.165, 1.54) is 11.1 Å². The number of morpholine rings is 1. The summed E-state index contributed by atoms with van der Waals surface area (Å²) in [4.78, 5) is 18.6. The van der Waals surface area contributed by atoms with Gasteiger partial charge in [0.15, 0.2) is 5.16 Å². The molecule has 2 aliphatic rings. The molecule has 0 aliphatic carbocycles. The van der Waals surface area contributed by atoms with Crippen molar-refractivity contribution in [2.45, 2.75) is 31.3 Å². The summed E-state index contributed by atoms with van der Waals surface area (Å²) in [6.07, 6.45) is -4.42. The van der Waals surface area contributed by atoms with Crippen LogP contribution < -0.4 is 4.90 Å². The minimum Gasteiger partial charge on any atom is -0.378 e. The van der Waals surface area contributed by atoms with E-state index in [0.717, 1.165) is 36.0 Å². The Morgan fingerprint density at radius 3 is 2.44 bits per heavy atom. The molecule has 0 spiro atoms. The fourth-order valence-corrected chi connectivity index (χ4v) is 4.94. The molecule has 2 fully saturated rings. The minimum absolute atomic E-state index is 0.0247. The molecule has 0 bridgehead atoms. The Hall–Kier alpha value is -2.31. The lowest BCUT2D eigenvalue weighted by molar-refractivity contribution is -0.141. The number of aryl methyl sites for hydroxylation is 1. The SMILES string of the molecule is Cc1ccccc1CN1CCN(C(=O)CSc2nnc(N3CCOCC3)n2CC(F)(F)F)CC1. The lowest BCUT2D eigenvalue weighted by Crippen LogP contribution is -2.48. The maximum atomic E-state index is 13.2. The van der Waals surface area contributed by atoms with Crippen molar-refractivity contribution in [2.75, 3.05) is 63.1 Å². The second kappa shape index (κ2) is 11.0. The van der Waals surface area contributed by atoms with Gasteiger partial charge in [0, 0.05) is 45.8 Å². The predicted octanol–water partition coefficient (Wildman–Crippen LogP) is 2.42. The molecule has 186 valence electrons. The highest BCUT2D eigenvalue weighted by atomic mass is 32.2. The summed E-state index contributed by atoms with van der Waals surface area (Å²) < 4.78 is 46.1. The maximum absolute atomic E-state index is 13.2. The predicted molar refractivity (Wildman–Crippen MR) is 123 cm³/mol. The number of piperazine rings is 1. The van der Waals surface area contributed by atoms with Crippen LogP contribution in [0.3, 0.4) is 0 Å². The third kappa shape index (κ3) is 6.42. The van der Waals surface area contributed by atoms with Gasteiger partial charge in [0.1, 0.15) is 6.54 Å². The Bertz CT molecular complexity index is 972. The maximum Gasteiger partial charge on any atom is 0.406 e. The molecule has 0 unspecified atom stereocenters. The number of alkyl halides is 3. The highest BCUT2D eigenvalue weighted by molar-refractivity contribution is 7.99. The highest BCUT2D eigenvalue weighted by Crippen LogP contribution is 2.28. The molecule has 0 N–H and O–H groups in total. The Balaban J connectivity index is 1.33. The van der Waals surface area contributed by atoms with Gasteiger partial charge in [-0.1, -0.05) is 36.0 Å². The zero-order valence-electron chi connectivity index (χ0n) is 19.1. The molecule has 1 amide bonds.